The first-order valence-corrected chi connectivity index (χ1v) is 10.3. The number of tetrazole rings is 1. The van der Waals surface area contributed by atoms with Gasteiger partial charge in [0.05, 0.1) is 19.3 Å². The van der Waals surface area contributed by atoms with Crippen molar-refractivity contribution in [1.82, 2.24) is 25.2 Å². The molecule has 0 saturated heterocycles. The van der Waals surface area contributed by atoms with E-state index in [9.17, 15) is 13.9 Å². The van der Waals surface area contributed by atoms with Gasteiger partial charge in [0.2, 0.25) is 0 Å². The molecule has 0 spiro atoms. The second kappa shape index (κ2) is 6.45. The fourth-order valence-electron chi connectivity index (χ4n) is 5.09. The van der Waals surface area contributed by atoms with Crippen molar-refractivity contribution in [3.63, 3.8) is 0 Å². The topological polar surface area (TPSA) is 86.0 Å². The quantitative estimate of drug-likeness (QED) is 0.552. The Hall–Kier alpha value is -2.60. The minimum Gasteiger partial charge on any atom is -0.473 e. The molecule has 3 aliphatic rings. The lowest BCUT2D eigenvalue weighted by Gasteiger charge is -2.73. The number of thiazole rings is 1. The van der Waals surface area contributed by atoms with Crippen LogP contribution in [0.4, 0.5) is 17.6 Å². The first kappa shape index (κ1) is 20.3. The van der Waals surface area contributed by atoms with E-state index < -0.39 is 46.1 Å². The predicted octanol–water partition coefficient (Wildman–Crippen LogP) is 3.06. The summed E-state index contributed by atoms with van der Waals surface area (Å²) >= 11 is 1.28. The molecule has 12 heteroatoms. The summed E-state index contributed by atoms with van der Waals surface area (Å²) in [6.45, 7) is -0.797. The van der Waals surface area contributed by atoms with Crippen LogP contribution >= 0.6 is 11.3 Å². The van der Waals surface area contributed by atoms with Crippen LogP contribution in [0.5, 0.6) is 5.19 Å². The van der Waals surface area contributed by atoms with Gasteiger partial charge in [-0.3, -0.25) is 0 Å². The molecule has 0 unspecified atom stereocenters. The third kappa shape index (κ3) is 2.67. The van der Waals surface area contributed by atoms with Gasteiger partial charge in [0.25, 0.3) is 11.1 Å². The molecule has 31 heavy (non-hydrogen) atoms. The van der Waals surface area contributed by atoms with Crippen LogP contribution in [0.3, 0.4) is 0 Å². The molecule has 2 bridgehead atoms. The number of nitrogens with zero attached hydrogens (tertiary/aromatic N) is 5. The maximum absolute atomic E-state index is 16.0. The van der Waals surface area contributed by atoms with E-state index in [0.717, 1.165) is 23.1 Å². The van der Waals surface area contributed by atoms with Gasteiger partial charge in [-0.1, -0.05) is 11.3 Å². The average Bonchev–Trinajstić information content (AvgIpc) is 3.31. The Morgan fingerprint density at radius 3 is 2.58 bits per heavy atom. The zero-order valence-electron chi connectivity index (χ0n) is 16.2. The van der Waals surface area contributed by atoms with Crippen LogP contribution < -0.4 is 4.74 Å². The van der Waals surface area contributed by atoms with Crippen LogP contribution in [0.15, 0.2) is 29.9 Å². The number of rotatable bonds is 7. The molecule has 0 aliphatic heterocycles. The molecule has 3 aliphatic carbocycles. The van der Waals surface area contributed by atoms with Crippen molar-refractivity contribution in [2.75, 3.05) is 7.11 Å². The lowest BCUT2D eigenvalue weighted by molar-refractivity contribution is -0.348. The molecule has 7 nitrogen and oxygen atoms in total. The van der Waals surface area contributed by atoms with Crippen molar-refractivity contribution in [3.05, 3.63) is 52.8 Å². The van der Waals surface area contributed by atoms with E-state index in [1.165, 1.54) is 18.4 Å². The van der Waals surface area contributed by atoms with Crippen LogP contribution in [0, 0.1) is 17.0 Å². The summed E-state index contributed by atoms with van der Waals surface area (Å²) in [5.41, 5.74) is -5.07. The van der Waals surface area contributed by atoms with Crippen LogP contribution in [0.2, 0.25) is 0 Å². The highest BCUT2D eigenvalue weighted by Gasteiger charge is 2.82. The lowest BCUT2D eigenvalue weighted by Crippen LogP contribution is -2.76. The smallest absolute Gasteiger partial charge is 0.287 e. The van der Waals surface area contributed by atoms with E-state index in [-0.39, 0.29) is 19.3 Å². The van der Waals surface area contributed by atoms with Gasteiger partial charge in [-0.15, -0.1) is 5.10 Å². The summed E-state index contributed by atoms with van der Waals surface area (Å²) in [6.07, 6.45) is 1.30. The van der Waals surface area contributed by atoms with E-state index in [4.69, 9.17) is 4.74 Å². The molecule has 0 radical (unpaired) electrons. The second-order valence-electron chi connectivity index (χ2n) is 8.36. The zero-order valence-corrected chi connectivity index (χ0v) is 17.0. The number of halogens is 4. The summed E-state index contributed by atoms with van der Waals surface area (Å²) < 4.78 is 66.1. The van der Waals surface area contributed by atoms with Gasteiger partial charge in [0.15, 0.2) is 5.60 Å². The van der Waals surface area contributed by atoms with Gasteiger partial charge in [0.1, 0.15) is 18.0 Å². The average molecular weight is 455 g/mol. The molecule has 2 aromatic heterocycles. The van der Waals surface area contributed by atoms with E-state index in [1.54, 1.807) is 5.38 Å². The van der Waals surface area contributed by atoms with Gasteiger partial charge >= 0.3 is 0 Å². The first-order valence-electron chi connectivity index (χ1n) is 9.41. The normalized spacial score (nSPS) is 26.6. The van der Waals surface area contributed by atoms with Crippen molar-refractivity contribution in [3.8, 4) is 5.19 Å². The molecule has 3 saturated carbocycles. The number of hydrogen-bond donors (Lipinski definition) is 1. The molecule has 1 N–H and O–H groups in total. The van der Waals surface area contributed by atoms with Gasteiger partial charge in [-0.2, -0.15) is 0 Å². The van der Waals surface area contributed by atoms with Crippen LogP contribution in [0.1, 0.15) is 30.5 Å². The zero-order chi connectivity index (χ0) is 22.1. The summed E-state index contributed by atoms with van der Waals surface area (Å²) in [7, 11) is 1.48. The van der Waals surface area contributed by atoms with E-state index in [0.29, 0.717) is 17.0 Å². The van der Waals surface area contributed by atoms with E-state index in [2.05, 4.69) is 20.5 Å². The first-order chi connectivity index (χ1) is 14.6. The van der Waals surface area contributed by atoms with Gasteiger partial charge < -0.3 is 9.84 Å². The Balaban J connectivity index is 1.51. The van der Waals surface area contributed by atoms with Gasteiger partial charge in [0, 0.05) is 27.8 Å². The summed E-state index contributed by atoms with van der Waals surface area (Å²) in [5.74, 6) is -5.95. The van der Waals surface area contributed by atoms with Crippen molar-refractivity contribution in [2.45, 2.75) is 42.7 Å². The summed E-state index contributed by atoms with van der Waals surface area (Å²) in [5, 5.41) is 23.9. The SMILES string of the molecule is COc1nc(C23CC(C(F)(F)[C@](O)(Cn4cnnn4)c4ccc(F)cc4F)(C2)C3)cs1. The number of hydrogen-bond acceptors (Lipinski definition) is 7. The Labute approximate surface area is 177 Å². The number of alkyl halides is 2. The molecule has 6 rings (SSSR count). The molecular weight excluding hydrogens is 438 g/mol. The van der Waals surface area contributed by atoms with E-state index in [1.807, 2.05) is 0 Å². The Kier molecular flexibility index (Phi) is 4.23. The standard InChI is InChI=1S/C19H17F4N5O2S/c1-30-15-25-14(5-31-15)16-6-17(7-16,8-16)19(22,23)18(29,9-28-10-24-26-27-28)12-3-2-11(20)4-13(12)21/h2-5,10,29H,6-9H2,1H3/t16?,17?,18-/m0/s1. The fourth-order valence-corrected chi connectivity index (χ4v) is 5.85. The number of aromatic nitrogens is 5. The lowest BCUT2D eigenvalue weighted by atomic mass is 9.31. The second-order valence-corrected chi connectivity index (χ2v) is 9.18. The Morgan fingerprint density at radius 1 is 1.26 bits per heavy atom. The monoisotopic (exact) mass is 455 g/mol. The molecule has 164 valence electrons. The number of methoxy groups -OCH3 is 1. The largest absolute Gasteiger partial charge is 0.473 e. The van der Waals surface area contributed by atoms with Crippen molar-refractivity contribution in [1.29, 1.82) is 0 Å². The third-order valence-corrected chi connectivity index (χ3v) is 7.38. The highest BCUT2D eigenvalue weighted by atomic mass is 32.1. The number of ether oxygens (including phenoxy) is 1. The van der Waals surface area contributed by atoms with Crippen LogP contribution in [-0.2, 0) is 17.6 Å². The Bertz CT molecular complexity index is 1120. The maximum Gasteiger partial charge on any atom is 0.287 e. The summed E-state index contributed by atoms with van der Waals surface area (Å²) in [4.78, 5) is 4.34. The summed E-state index contributed by atoms with van der Waals surface area (Å²) in [6, 6.07) is 2.15. The van der Waals surface area contributed by atoms with Crippen molar-refractivity contribution < 1.29 is 27.4 Å². The van der Waals surface area contributed by atoms with Crippen LogP contribution in [0.25, 0.3) is 0 Å². The van der Waals surface area contributed by atoms with Crippen LogP contribution in [-0.4, -0.2) is 43.3 Å². The highest BCUT2D eigenvalue weighted by Crippen LogP contribution is 2.80. The minimum atomic E-state index is -3.76. The molecule has 0 amide bonds. The fraction of sp³-hybridized carbons (Fsp3) is 0.474. The molecule has 3 fully saturated rings. The predicted molar refractivity (Wildman–Crippen MR) is 99.6 cm³/mol. The van der Waals surface area contributed by atoms with Gasteiger partial charge in [-0.05, 0) is 41.8 Å². The molecule has 2 heterocycles. The van der Waals surface area contributed by atoms with E-state index >= 15 is 8.78 Å². The Morgan fingerprint density at radius 2 is 2.00 bits per heavy atom. The molecular formula is C19H17F4N5O2S. The van der Waals surface area contributed by atoms with Crippen molar-refractivity contribution >= 4 is 11.3 Å². The number of benzene rings is 1. The third-order valence-electron chi connectivity index (χ3n) is 6.58. The maximum atomic E-state index is 16.0. The molecule has 1 aromatic carbocycles. The number of aliphatic hydroxyl groups is 1. The highest BCUT2D eigenvalue weighted by molar-refractivity contribution is 7.11. The van der Waals surface area contributed by atoms with Crippen molar-refractivity contribution in [2.24, 2.45) is 5.41 Å². The molecule has 3 aromatic rings. The molecule has 1 atom stereocenters. The van der Waals surface area contributed by atoms with Gasteiger partial charge in [-0.25, -0.2) is 27.2 Å². The minimum absolute atomic E-state index is 0.0839.